The van der Waals surface area contributed by atoms with Crippen LogP contribution in [0.5, 0.6) is 5.75 Å². The fourth-order valence-corrected chi connectivity index (χ4v) is 4.86. The van der Waals surface area contributed by atoms with Crippen LogP contribution in [-0.4, -0.2) is 106 Å². The van der Waals surface area contributed by atoms with E-state index in [4.69, 9.17) is 9.47 Å². The summed E-state index contributed by atoms with van der Waals surface area (Å²) >= 11 is 0. The summed E-state index contributed by atoms with van der Waals surface area (Å²) in [6.07, 6.45) is 0.656. The molecule has 2 aliphatic rings. The number of ether oxygens (including phenoxy) is 2. The third kappa shape index (κ3) is 7.02. The number of carbonyl (C=O) groups is 2. The zero-order valence-corrected chi connectivity index (χ0v) is 22.4. The van der Waals surface area contributed by atoms with Crippen molar-refractivity contribution in [1.82, 2.24) is 14.7 Å². The summed E-state index contributed by atoms with van der Waals surface area (Å²) in [5, 5.41) is 0. The average molecular weight is 509 g/mol. The summed E-state index contributed by atoms with van der Waals surface area (Å²) in [4.78, 5) is 34.3. The summed E-state index contributed by atoms with van der Waals surface area (Å²) in [5.41, 5.74) is 3.94. The van der Waals surface area contributed by atoms with Crippen LogP contribution in [0.15, 0.2) is 42.5 Å². The SMILES string of the molecule is CCN(CC)CC(=O)N1CCOc2ccc(N3CCOCC3)cc2Cc2cccc(c2)C(=O)N(C)CC1. The quantitative estimate of drug-likeness (QED) is 0.619. The molecule has 4 rings (SSSR count). The molecule has 2 aromatic carbocycles. The standard InChI is InChI=1S/C29H40N4O4/c1-4-31(5-2)22-28(34)33-12-11-30(3)29(35)24-8-6-7-23(19-24)20-25-21-26(32-13-16-36-17-14-32)9-10-27(25)37-18-15-33/h6-10,19,21H,4-5,11-18,20,22H2,1-3H3. The van der Waals surface area contributed by atoms with Gasteiger partial charge in [-0.05, 0) is 49.0 Å². The van der Waals surface area contributed by atoms with Gasteiger partial charge in [-0.25, -0.2) is 0 Å². The Labute approximate surface area is 220 Å². The Kier molecular flexibility index (Phi) is 9.41. The molecule has 1 fully saturated rings. The first-order valence-corrected chi connectivity index (χ1v) is 13.4. The van der Waals surface area contributed by atoms with E-state index in [0.717, 1.165) is 62.0 Å². The van der Waals surface area contributed by atoms with Crippen LogP contribution in [0.3, 0.4) is 0 Å². The fraction of sp³-hybridized carbons (Fsp3) is 0.517. The molecule has 0 atom stereocenters. The van der Waals surface area contributed by atoms with E-state index in [1.807, 2.05) is 29.2 Å². The smallest absolute Gasteiger partial charge is 0.253 e. The third-order valence-corrected chi connectivity index (χ3v) is 7.27. The highest BCUT2D eigenvalue weighted by Gasteiger charge is 2.21. The van der Waals surface area contributed by atoms with Gasteiger partial charge in [0.1, 0.15) is 12.4 Å². The van der Waals surface area contributed by atoms with Gasteiger partial charge in [-0.1, -0.05) is 26.0 Å². The minimum atomic E-state index is -0.0337. The number of nitrogens with zero attached hydrogens (tertiary/aromatic N) is 4. The zero-order chi connectivity index (χ0) is 26.2. The number of anilines is 1. The molecule has 0 unspecified atom stereocenters. The fourth-order valence-electron chi connectivity index (χ4n) is 4.86. The number of fused-ring (bicyclic) bond motifs is 3. The number of rotatable bonds is 5. The maximum Gasteiger partial charge on any atom is 0.253 e. The lowest BCUT2D eigenvalue weighted by atomic mass is 10.0. The van der Waals surface area contributed by atoms with Crippen molar-refractivity contribution in [1.29, 1.82) is 0 Å². The van der Waals surface area contributed by atoms with E-state index >= 15 is 0 Å². The Hall–Kier alpha value is -3.10. The van der Waals surface area contributed by atoms with E-state index in [2.05, 4.69) is 41.8 Å². The Balaban J connectivity index is 1.62. The van der Waals surface area contributed by atoms with Crippen LogP contribution in [-0.2, 0) is 16.0 Å². The molecule has 0 spiro atoms. The van der Waals surface area contributed by atoms with Crippen LogP contribution in [0.4, 0.5) is 5.69 Å². The molecule has 0 aromatic heterocycles. The molecule has 2 aromatic rings. The van der Waals surface area contributed by atoms with Crippen molar-refractivity contribution >= 4 is 17.5 Å². The van der Waals surface area contributed by atoms with E-state index in [1.54, 1.807) is 11.9 Å². The number of hydrogen-bond acceptors (Lipinski definition) is 6. The number of benzene rings is 2. The van der Waals surface area contributed by atoms with E-state index in [-0.39, 0.29) is 11.8 Å². The number of carbonyl (C=O) groups excluding carboxylic acids is 2. The third-order valence-electron chi connectivity index (χ3n) is 7.27. The van der Waals surface area contributed by atoms with Gasteiger partial charge in [-0.3, -0.25) is 14.5 Å². The summed E-state index contributed by atoms with van der Waals surface area (Å²) in [7, 11) is 1.80. The molecule has 0 radical (unpaired) electrons. The Morgan fingerprint density at radius 3 is 2.49 bits per heavy atom. The first kappa shape index (κ1) is 26.9. The topological polar surface area (TPSA) is 65.6 Å². The van der Waals surface area contributed by atoms with Gasteiger partial charge in [0.2, 0.25) is 5.91 Å². The van der Waals surface area contributed by atoms with Crippen molar-refractivity contribution < 1.29 is 19.1 Å². The first-order valence-electron chi connectivity index (χ1n) is 13.4. The predicted molar refractivity (Wildman–Crippen MR) is 146 cm³/mol. The van der Waals surface area contributed by atoms with Gasteiger partial charge >= 0.3 is 0 Å². The molecular weight excluding hydrogens is 468 g/mol. The van der Waals surface area contributed by atoms with Gasteiger partial charge in [-0.2, -0.15) is 0 Å². The maximum atomic E-state index is 13.2. The summed E-state index contributed by atoms with van der Waals surface area (Å²) < 4.78 is 11.8. The molecule has 0 saturated carbocycles. The van der Waals surface area contributed by atoms with Crippen LogP contribution in [0, 0.1) is 0 Å². The zero-order valence-electron chi connectivity index (χ0n) is 22.4. The van der Waals surface area contributed by atoms with Crippen LogP contribution < -0.4 is 9.64 Å². The molecule has 2 heterocycles. The molecule has 0 N–H and O–H groups in total. The molecule has 37 heavy (non-hydrogen) atoms. The molecule has 8 heteroatoms. The molecule has 0 aliphatic carbocycles. The van der Waals surface area contributed by atoms with Gasteiger partial charge in [0, 0.05) is 56.5 Å². The number of morpholine rings is 1. The molecule has 1 saturated heterocycles. The molecule has 8 nitrogen and oxygen atoms in total. The van der Waals surface area contributed by atoms with Gasteiger partial charge in [-0.15, -0.1) is 0 Å². The van der Waals surface area contributed by atoms with E-state index < -0.39 is 0 Å². The van der Waals surface area contributed by atoms with Crippen LogP contribution >= 0.6 is 0 Å². The summed E-state index contributed by atoms with van der Waals surface area (Å²) in [6, 6.07) is 14.2. The molecule has 200 valence electrons. The molecule has 2 amide bonds. The predicted octanol–water partition coefficient (Wildman–Crippen LogP) is 2.75. The summed E-state index contributed by atoms with van der Waals surface area (Å²) in [5.74, 6) is 0.845. The number of hydrogen-bond donors (Lipinski definition) is 0. The highest BCUT2D eigenvalue weighted by molar-refractivity contribution is 5.94. The van der Waals surface area contributed by atoms with Crippen molar-refractivity contribution in [3.63, 3.8) is 0 Å². The Morgan fingerprint density at radius 2 is 1.73 bits per heavy atom. The molecule has 2 bridgehead atoms. The van der Waals surface area contributed by atoms with E-state index in [1.165, 1.54) is 0 Å². The first-order chi connectivity index (χ1) is 18.0. The lowest BCUT2D eigenvalue weighted by Crippen LogP contribution is -2.45. The lowest BCUT2D eigenvalue weighted by molar-refractivity contribution is -0.132. The second kappa shape index (κ2) is 12.9. The van der Waals surface area contributed by atoms with Crippen molar-refractivity contribution in [3.05, 3.63) is 59.2 Å². The minimum Gasteiger partial charge on any atom is -0.491 e. The number of likely N-dealkylation sites (N-methyl/N-ethyl adjacent to an activating group) is 2. The van der Waals surface area contributed by atoms with Gasteiger partial charge < -0.3 is 24.2 Å². The lowest BCUT2D eigenvalue weighted by Gasteiger charge is -2.30. The Bertz CT molecular complexity index is 1070. The molecular formula is C29H40N4O4. The van der Waals surface area contributed by atoms with Gasteiger partial charge in [0.25, 0.3) is 5.91 Å². The van der Waals surface area contributed by atoms with Gasteiger partial charge in [0.05, 0.1) is 26.3 Å². The highest BCUT2D eigenvalue weighted by Crippen LogP contribution is 2.28. The highest BCUT2D eigenvalue weighted by atomic mass is 16.5. The minimum absolute atomic E-state index is 0.0337. The van der Waals surface area contributed by atoms with E-state index in [0.29, 0.717) is 44.8 Å². The average Bonchev–Trinajstić information content (AvgIpc) is 2.93. The second-order valence-corrected chi connectivity index (χ2v) is 9.69. The molecule has 2 aliphatic heterocycles. The number of amides is 2. The van der Waals surface area contributed by atoms with Crippen molar-refractivity contribution in [2.24, 2.45) is 0 Å². The van der Waals surface area contributed by atoms with E-state index in [9.17, 15) is 9.59 Å². The normalized spacial score (nSPS) is 17.3. The van der Waals surface area contributed by atoms with Crippen LogP contribution in [0.25, 0.3) is 0 Å². The van der Waals surface area contributed by atoms with Crippen molar-refractivity contribution in [2.45, 2.75) is 20.3 Å². The van der Waals surface area contributed by atoms with Crippen molar-refractivity contribution in [2.75, 3.05) is 84.1 Å². The van der Waals surface area contributed by atoms with Crippen molar-refractivity contribution in [3.8, 4) is 5.75 Å². The monoisotopic (exact) mass is 508 g/mol. The van der Waals surface area contributed by atoms with Gasteiger partial charge in [0.15, 0.2) is 0 Å². The Morgan fingerprint density at radius 1 is 0.946 bits per heavy atom. The summed E-state index contributed by atoms with van der Waals surface area (Å²) in [6.45, 7) is 11.1. The second-order valence-electron chi connectivity index (χ2n) is 9.69. The van der Waals surface area contributed by atoms with Crippen LogP contribution in [0.2, 0.25) is 0 Å². The van der Waals surface area contributed by atoms with Crippen LogP contribution in [0.1, 0.15) is 35.3 Å². The maximum absolute atomic E-state index is 13.2. The largest absolute Gasteiger partial charge is 0.491 e.